The molecular formula is C13H21ClN2O. The van der Waals surface area contributed by atoms with Crippen LogP contribution in [0.25, 0.3) is 0 Å². The Bertz CT molecular complexity index is 353. The van der Waals surface area contributed by atoms with E-state index in [0.717, 1.165) is 13.0 Å². The summed E-state index contributed by atoms with van der Waals surface area (Å²) < 4.78 is 0. The zero-order chi connectivity index (χ0) is 12.0. The highest BCUT2D eigenvalue weighted by molar-refractivity contribution is 5.85. The predicted octanol–water partition coefficient (Wildman–Crippen LogP) is 1.64. The van der Waals surface area contributed by atoms with E-state index < -0.39 is 0 Å². The first-order chi connectivity index (χ1) is 7.59. The van der Waals surface area contributed by atoms with Gasteiger partial charge in [0.2, 0.25) is 5.91 Å². The Morgan fingerprint density at radius 1 is 1.35 bits per heavy atom. The van der Waals surface area contributed by atoms with Crippen LogP contribution in [0.3, 0.4) is 0 Å². The molecule has 0 aliphatic heterocycles. The summed E-state index contributed by atoms with van der Waals surface area (Å²) in [5.41, 5.74) is 2.59. The molecule has 1 amide bonds. The normalized spacial score (nSPS) is 9.59. The van der Waals surface area contributed by atoms with Gasteiger partial charge >= 0.3 is 0 Å². The van der Waals surface area contributed by atoms with E-state index >= 15 is 0 Å². The van der Waals surface area contributed by atoms with Crippen molar-refractivity contribution in [2.75, 3.05) is 27.2 Å². The molecule has 0 spiro atoms. The van der Waals surface area contributed by atoms with Gasteiger partial charge in [-0.1, -0.05) is 29.8 Å². The molecule has 3 nitrogen and oxygen atoms in total. The summed E-state index contributed by atoms with van der Waals surface area (Å²) in [4.78, 5) is 12.9. The molecule has 0 aliphatic carbocycles. The largest absolute Gasteiger partial charge is 0.348 e. The van der Waals surface area contributed by atoms with Gasteiger partial charge in [-0.15, -0.1) is 12.4 Å². The number of halogens is 1. The fraction of sp³-hybridized carbons (Fsp3) is 0.462. The zero-order valence-corrected chi connectivity index (χ0v) is 11.5. The highest BCUT2D eigenvalue weighted by Crippen LogP contribution is 2.03. The lowest BCUT2D eigenvalue weighted by Crippen LogP contribution is -2.33. The maximum Gasteiger partial charge on any atom is 0.236 e. The van der Waals surface area contributed by atoms with Crippen molar-refractivity contribution in [3.63, 3.8) is 0 Å². The van der Waals surface area contributed by atoms with Gasteiger partial charge in [-0.3, -0.25) is 4.79 Å². The molecule has 0 fully saturated rings. The van der Waals surface area contributed by atoms with Crippen LogP contribution in [0, 0.1) is 6.92 Å². The molecule has 1 aromatic rings. The standard InChI is InChI=1S/C13H20N2O.ClH/c1-11-5-4-6-12(9-11)7-8-14-10-13(16)15(2)3;/h4-6,9,14H,7-8,10H2,1-3H3;1H. The molecule has 4 heteroatoms. The molecule has 1 rings (SSSR count). The van der Waals surface area contributed by atoms with Gasteiger partial charge in [0.15, 0.2) is 0 Å². The van der Waals surface area contributed by atoms with E-state index in [1.54, 1.807) is 19.0 Å². The fourth-order valence-corrected chi connectivity index (χ4v) is 1.45. The first-order valence-corrected chi connectivity index (χ1v) is 5.56. The summed E-state index contributed by atoms with van der Waals surface area (Å²) in [7, 11) is 3.54. The second-order valence-corrected chi connectivity index (χ2v) is 4.20. The van der Waals surface area contributed by atoms with Crippen LogP contribution in [-0.4, -0.2) is 38.0 Å². The minimum Gasteiger partial charge on any atom is -0.348 e. The lowest BCUT2D eigenvalue weighted by atomic mass is 10.1. The van der Waals surface area contributed by atoms with Gasteiger partial charge in [-0.25, -0.2) is 0 Å². The Hall–Kier alpha value is -1.06. The Balaban J connectivity index is 0.00000256. The number of benzene rings is 1. The topological polar surface area (TPSA) is 32.3 Å². The molecule has 1 aromatic carbocycles. The molecule has 17 heavy (non-hydrogen) atoms. The first-order valence-electron chi connectivity index (χ1n) is 5.56. The lowest BCUT2D eigenvalue weighted by Gasteiger charge is -2.10. The van der Waals surface area contributed by atoms with Crippen molar-refractivity contribution in [1.29, 1.82) is 0 Å². The highest BCUT2D eigenvalue weighted by Gasteiger charge is 2.01. The Labute approximate surface area is 110 Å². The second kappa shape index (κ2) is 8.09. The van der Waals surface area contributed by atoms with E-state index in [1.165, 1.54) is 11.1 Å². The summed E-state index contributed by atoms with van der Waals surface area (Å²) in [6.07, 6.45) is 0.961. The maximum atomic E-state index is 11.3. The molecule has 96 valence electrons. The summed E-state index contributed by atoms with van der Waals surface area (Å²) in [5.74, 6) is 0.115. The molecule has 0 saturated heterocycles. The molecule has 0 aliphatic rings. The molecule has 0 bridgehead atoms. The minimum atomic E-state index is 0. The number of carbonyl (C=O) groups is 1. The third kappa shape index (κ3) is 6.29. The van der Waals surface area contributed by atoms with Gasteiger partial charge in [0, 0.05) is 14.1 Å². The Kier molecular flexibility index (Phi) is 7.59. The SMILES string of the molecule is Cc1cccc(CCNCC(=O)N(C)C)c1.Cl. The second-order valence-electron chi connectivity index (χ2n) is 4.20. The summed E-state index contributed by atoms with van der Waals surface area (Å²) >= 11 is 0. The number of carbonyl (C=O) groups excluding carboxylic acids is 1. The smallest absolute Gasteiger partial charge is 0.236 e. The number of nitrogens with one attached hydrogen (secondary N) is 1. The first kappa shape index (κ1) is 15.9. The van der Waals surface area contributed by atoms with Crippen molar-refractivity contribution in [1.82, 2.24) is 10.2 Å². The predicted molar refractivity (Wildman–Crippen MR) is 73.7 cm³/mol. The summed E-state index contributed by atoms with van der Waals surface area (Å²) in [6.45, 7) is 3.34. The van der Waals surface area contributed by atoms with Gasteiger partial charge in [0.05, 0.1) is 6.54 Å². The van der Waals surface area contributed by atoms with Gasteiger partial charge in [0.25, 0.3) is 0 Å². The van der Waals surface area contributed by atoms with Crippen LogP contribution in [0.2, 0.25) is 0 Å². The van der Waals surface area contributed by atoms with Crippen molar-refractivity contribution < 1.29 is 4.79 Å². The van der Waals surface area contributed by atoms with Crippen molar-refractivity contribution in [3.05, 3.63) is 35.4 Å². The number of hydrogen-bond acceptors (Lipinski definition) is 2. The van der Waals surface area contributed by atoms with Crippen molar-refractivity contribution in [2.24, 2.45) is 0 Å². The number of rotatable bonds is 5. The molecule has 0 radical (unpaired) electrons. The third-order valence-electron chi connectivity index (χ3n) is 2.45. The number of aryl methyl sites for hydroxylation is 1. The van der Waals surface area contributed by atoms with E-state index in [9.17, 15) is 4.79 Å². The summed E-state index contributed by atoms with van der Waals surface area (Å²) in [5, 5.41) is 3.14. The van der Waals surface area contributed by atoms with Gasteiger partial charge in [-0.2, -0.15) is 0 Å². The average molecular weight is 257 g/mol. The zero-order valence-electron chi connectivity index (χ0n) is 10.7. The third-order valence-corrected chi connectivity index (χ3v) is 2.45. The summed E-state index contributed by atoms with van der Waals surface area (Å²) in [6, 6.07) is 8.44. The molecule has 0 saturated carbocycles. The van der Waals surface area contributed by atoms with Crippen LogP contribution < -0.4 is 5.32 Å². The van der Waals surface area contributed by atoms with Gasteiger partial charge in [0.1, 0.15) is 0 Å². The van der Waals surface area contributed by atoms with Crippen LogP contribution in [0.15, 0.2) is 24.3 Å². The van der Waals surface area contributed by atoms with E-state index in [4.69, 9.17) is 0 Å². The number of hydrogen-bond donors (Lipinski definition) is 1. The van der Waals surface area contributed by atoms with E-state index in [-0.39, 0.29) is 18.3 Å². The monoisotopic (exact) mass is 256 g/mol. The number of likely N-dealkylation sites (N-methyl/N-ethyl adjacent to an activating group) is 1. The molecule has 0 aromatic heterocycles. The van der Waals surface area contributed by atoms with Crippen LogP contribution >= 0.6 is 12.4 Å². The van der Waals surface area contributed by atoms with Crippen molar-refractivity contribution in [3.8, 4) is 0 Å². The van der Waals surface area contributed by atoms with Crippen LogP contribution in [0.4, 0.5) is 0 Å². The van der Waals surface area contributed by atoms with E-state index in [1.807, 2.05) is 0 Å². The van der Waals surface area contributed by atoms with Gasteiger partial charge < -0.3 is 10.2 Å². The number of amides is 1. The average Bonchev–Trinajstić information content (AvgIpc) is 2.24. The van der Waals surface area contributed by atoms with Crippen molar-refractivity contribution >= 4 is 18.3 Å². The van der Waals surface area contributed by atoms with Crippen LogP contribution in [-0.2, 0) is 11.2 Å². The minimum absolute atomic E-state index is 0. The van der Waals surface area contributed by atoms with E-state index in [2.05, 4.69) is 36.5 Å². The lowest BCUT2D eigenvalue weighted by molar-refractivity contribution is -0.127. The highest BCUT2D eigenvalue weighted by atomic mass is 35.5. The maximum absolute atomic E-state index is 11.3. The van der Waals surface area contributed by atoms with Crippen LogP contribution in [0.5, 0.6) is 0 Å². The van der Waals surface area contributed by atoms with Crippen molar-refractivity contribution in [2.45, 2.75) is 13.3 Å². The molecule has 0 atom stereocenters. The molecular weight excluding hydrogens is 236 g/mol. The Morgan fingerprint density at radius 2 is 2.06 bits per heavy atom. The molecule has 1 N–H and O–H groups in total. The molecule has 0 unspecified atom stereocenters. The van der Waals surface area contributed by atoms with E-state index in [0.29, 0.717) is 6.54 Å². The Morgan fingerprint density at radius 3 is 2.65 bits per heavy atom. The quantitative estimate of drug-likeness (QED) is 0.813. The molecule has 0 heterocycles. The number of nitrogens with zero attached hydrogens (tertiary/aromatic N) is 1. The van der Waals surface area contributed by atoms with Gasteiger partial charge in [-0.05, 0) is 25.5 Å². The fourth-order valence-electron chi connectivity index (χ4n) is 1.45. The van der Waals surface area contributed by atoms with Crippen LogP contribution in [0.1, 0.15) is 11.1 Å².